The van der Waals surface area contributed by atoms with Crippen molar-refractivity contribution in [2.24, 2.45) is 5.92 Å². The topological polar surface area (TPSA) is 38.8 Å². The second-order valence-electron chi connectivity index (χ2n) is 7.07. The molecule has 2 aromatic rings. The number of carbonyl (C=O) groups excluding carboxylic acids is 1. The number of hydrogen-bond acceptors (Lipinski definition) is 4. The summed E-state index contributed by atoms with van der Waals surface area (Å²) in [6, 6.07) is 8.02. The van der Waals surface area contributed by atoms with Crippen LogP contribution in [0.3, 0.4) is 0 Å². The number of thiophene rings is 1. The lowest BCUT2D eigenvalue weighted by atomic mass is 9.90. The summed E-state index contributed by atoms with van der Waals surface area (Å²) in [5.74, 6) is 2.29. The molecule has 4 nitrogen and oxygen atoms in total. The number of hydrogen-bond donors (Lipinski definition) is 0. The van der Waals surface area contributed by atoms with Crippen LogP contribution in [0.15, 0.2) is 24.3 Å². The normalized spacial score (nSPS) is 16.1. The van der Waals surface area contributed by atoms with E-state index in [-0.39, 0.29) is 5.91 Å². The molecular weight excluding hydrogens is 346 g/mol. The van der Waals surface area contributed by atoms with Crippen molar-refractivity contribution in [3.8, 4) is 11.5 Å². The Balaban J connectivity index is 1.63. The lowest BCUT2D eigenvalue weighted by molar-refractivity contribution is 0.0801. The van der Waals surface area contributed by atoms with Crippen molar-refractivity contribution in [1.82, 2.24) is 4.90 Å². The zero-order valence-electron chi connectivity index (χ0n) is 16.0. The lowest BCUT2D eigenvalue weighted by Crippen LogP contribution is -2.28. The van der Waals surface area contributed by atoms with Gasteiger partial charge in [-0.2, -0.15) is 0 Å². The second kappa shape index (κ2) is 8.12. The van der Waals surface area contributed by atoms with Crippen LogP contribution in [-0.2, 0) is 19.3 Å². The third-order valence-electron chi connectivity index (χ3n) is 5.07. The molecule has 0 N–H and O–H groups in total. The van der Waals surface area contributed by atoms with E-state index in [1.807, 2.05) is 30.1 Å². The number of likely N-dealkylation sites (N-methyl/N-ethyl adjacent to an activating group) is 1. The summed E-state index contributed by atoms with van der Waals surface area (Å²) < 4.78 is 10.6. The number of fused-ring (bicyclic) bond motifs is 1. The molecule has 5 heteroatoms. The fraction of sp³-hybridized carbons (Fsp3) is 0.476. The Kier molecular flexibility index (Phi) is 5.87. The standard InChI is InChI=1S/C21H27NO3S/c1-14-5-8-19-16(11-14)13-20(26-19)21(23)22(2)10-9-15-6-7-17(24-3)18(12-15)25-4/h6-7,12-14H,5,8-11H2,1-4H3/t14-/m0/s1. The maximum absolute atomic E-state index is 12.8. The van der Waals surface area contributed by atoms with Crippen molar-refractivity contribution >= 4 is 17.2 Å². The van der Waals surface area contributed by atoms with Gasteiger partial charge in [-0.15, -0.1) is 11.3 Å². The first-order valence-electron chi connectivity index (χ1n) is 9.09. The Labute approximate surface area is 159 Å². The van der Waals surface area contributed by atoms with Crippen molar-refractivity contribution in [3.05, 3.63) is 45.1 Å². The summed E-state index contributed by atoms with van der Waals surface area (Å²) >= 11 is 1.68. The molecule has 140 valence electrons. The van der Waals surface area contributed by atoms with E-state index in [1.165, 1.54) is 16.9 Å². The highest BCUT2D eigenvalue weighted by Crippen LogP contribution is 2.33. The Morgan fingerprint density at radius 2 is 2.00 bits per heavy atom. The van der Waals surface area contributed by atoms with Gasteiger partial charge in [-0.3, -0.25) is 4.79 Å². The molecule has 0 bridgehead atoms. The minimum atomic E-state index is 0.123. The van der Waals surface area contributed by atoms with Crippen LogP contribution in [0.2, 0.25) is 0 Å². The second-order valence-corrected chi connectivity index (χ2v) is 8.21. The van der Waals surface area contributed by atoms with Crippen LogP contribution < -0.4 is 9.47 Å². The van der Waals surface area contributed by atoms with E-state index in [9.17, 15) is 4.79 Å². The fourth-order valence-corrected chi connectivity index (χ4v) is 4.64. The summed E-state index contributed by atoms with van der Waals surface area (Å²) in [7, 11) is 5.15. The molecule has 0 saturated carbocycles. The Morgan fingerprint density at radius 1 is 1.23 bits per heavy atom. The van der Waals surface area contributed by atoms with Gasteiger partial charge < -0.3 is 14.4 Å². The van der Waals surface area contributed by atoms with Gasteiger partial charge in [-0.05, 0) is 60.9 Å². The zero-order chi connectivity index (χ0) is 18.7. The molecule has 0 fully saturated rings. The number of nitrogens with zero attached hydrogens (tertiary/aromatic N) is 1. The largest absolute Gasteiger partial charge is 0.493 e. The van der Waals surface area contributed by atoms with Crippen LogP contribution in [-0.4, -0.2) is 38.6 Å². The van der Waals surface area contributed by atoms with Gasteiger partial charge in [0.15, 0.2) is 11.5 Å². The van der Waals surface area contributed by atoms with Crippen LogP contribution >= 0.6 is 11.3 Å². The quantitative estimate of drug-likeness (QED) is 0.761. The predicted molar refractivity (Wildman–Crippen MR) is 106 cm³/mol. The van der Waals surface area contributed by atoms with Crippen molar-refractivity contribution < 1.29 is 14.3 Å². The smallest absolute Gasteiger partial charge is 0.263 e. The van der Waals surface area contributed by atoms with Crippen LogP contribution in [0, 0.1) is 5.92 Å². The number of carbonyl (C=O) groups is 1. The monoisotopic (exact) mass is 373 g/mol. The van der Waals surface area contributed by atoms with Crippen molar-refractivity contribution in [3.63, 3.8) is 0 Å². The van der Waals surface area contributed by atoms with E-state index in [2.05, 4.69) is 13.0 Å². The molecule has 1 aliphatic rings. The molecule has 1 atom stereocenters. The molecule has 1 amide bonds. The molecule has 3 rings (SSSR count). The minimum Gasteiger partial charge on any atom is -0.493 e. The molecule has 0 spiro atoms. The van der Waals surface area contributed by atoms with Gasteiger partial charge >= 0.3 is 0 Å². The van der Waals surface area contributed by atoms with E-state index in [4.69, 9.17) is 9.47 Å². The van der Waals surface area contributed by atoms with Gasteiger partial charge in [0.05, 0.1) is 19.1 Å². The number of ether oxygens (including phenoxy) is 2. The molecule has 0 radical (unpaired) electrons. The highest BCUT2D eigenvalue weighted by molar-refractivity contribution is 7.14. The third-order valence-corrected chi connectivity index (χ3v) is 6.30. The van der Waals surface area contributed by atoms with Crippen molar-refractivity contribution in [1.29, 1.82) is 0 Å². The molecule has 26 heavy (non-hydrogen) atoms. The summed E-state index contributed by atoms with van der Waals surface area (Å²) in [4.78, 5) is 16.9. The minimum absolute atomic E-state index is 0.123. The van der Waals surface area contributed by atoms with Gasteiger partial charge in [-0.1, -0.05) is 13.0 Å². The predicted octanol–water partition coefficient (Wildman–Crippen LogP) is 4.20. The summed E-state index contributed by atoms with van der Waals surface area (Å²) in [5.41, 5.74) is 2.51. The number of rotatable bonds is 6. The van der Waals surface area contributed by atoms with Crippen LogP contribution in [0.25, 0.3) is 0 Å². The van der Waals surface area contributed by atoms with E-state index >= 15 is 0 Å². The average molecular weight is 374 g/mol. The highest BCUT2D eigenvalue weighted by atomic mass is 32.1. The van der Waals surface area contributed by atoms with Gasteiger partial charge in [0.2, 0.25) is 0 Å². The van der Waals surface area contributed by atoms with Gasteiger partial charge in [0.25, 0.3) is 5.91 Å². The molecule has 0 saturated heterocycles. The van der Waals surface area contributed by atoms with Gasteiger partial charge in [0.1, 0.15) is 0 Å². The van der Waals surface area contributed by atoms with Gasteiger partial charge in [-0.25, -0.2) is 0 Å². The van der Waals surface area contributed by atoms with E-state index in [0.29, 0.717) is 6.54 Å². The first-order chi connectivity index (χ1) is 12.5. The highest BCUT2D eigenvalue weighted by Gasteiger charge is 2.22. The van der Waals surface area contributed by atoms with E-state index in [1.54, 1.807) is 25.6 Å². The van der Waals surface area contributed by atoms with E-state index < -0.39 is 0 Å². The number of aryl methyl sites for hydroxylation is 1. The fourth-order valence-electron chi connectivity index (χ4n) is 3.43. The number of methoxy groups -OCH3 is 2. The number of benzene rings is 1. The van der Waals surface area contributed by atoms with Crippen LogP contribution in [0.1, 0.15) is 39.0 Å². The molecule has 0 unspecified atom stereocenters. The molecule has 1 heterocycles. The SMILES string of the molecule is COc1ccc(CCN(C)C(=O)c2cc3c(s2)CC[C@H](C)C3)cc1OC. The first kappa shape index (κ1) is 18.8. The maximum Gasteiger partial charge on any atom is 0.263 e. The molecule has 1 aromatic heterocycles. The Hall–Kier alpha value is -2.01. The summed E-state index contributed by atoms with van der Waals surface area (Å²) in [6.07, 6.45) is 4.24. The molecule has 1 aliphatic carbocycles. The number of amides is 1. The lowest BCUT2D eigenvalue weighted by Gasteiger charge is -2.17. The van der Waals surface area contributed by atoms with Crippen LogP contribution in [0.5, 0.6) is 11.5 Å². The summed E-state index contributed by atoms with van der Waals surface area (Å²) in [6.45, 7) is 2.96. The molecule has 0 aliphatic heterocycles. The van der Waals surface area contributed by atoms with E-state index in [0.717, 1.165) is 47.1 Å². The van der Waals surface area contributed by atoms with Crippen molar-refractivity contribution in [2.45, 2.75) is 32.6 Å². The van der Waals surface area contributed by atoms with Gasteiger partial charge in [0, 0.05) is 18.5 Å². The average Bonchev–Trinajstić information content (AvgIpc) is 3.08. The maximum atomic E-state index is 12.8. The van der Waals surface area contributed by atoms with Crippen LogP contribution in [0.4, 0.5) is 0 Å². The zero-order valence-corrected chi connectivity index (χ0v) is 16.8. The Morgan fingerprint density at radius 3 is 2.73 bits per heavy atom. The third kappa shape index (κ3) is 4.04. The first-order valence-corrected chi connectivity index (χ1v) is 9.91. The summed E-state index contributed by atoms with van der Waals surface area (Å²) in [5, 5.41) is 0. The molecular formula is C21H27NO3S. The van der Waals surface area contributed by atoms with Crippen molar-refractivity contribution in [2.75, 3.05) is 27.8 Å². The molecule has 1 aromatic carbocycles. The Bertz CT molecular complexity index is 784.